The van der Waals surface area contributed by atoms with Crippen molar-refractivity contribution in [2.24, 2.45) is 5.92 Å². The second-order valence-electron chi connectivity index (χ2n) is 3.78. The Bertz CT molecular complexity index is 273. The van der Waals surface area contributed by atoms with Gasteiger partial charge in [-0.3, -0.25) is 9.36 Å². The quantitative estimate of drug-likeness (QED) is 0.688. The fourth-order valence-electron chi connectivity index (χ4n) is 1.23. The van der Waals surface area contributed by atoms with Gasteiger partial charge in [0.15, 0.2) is 5.78 Å². The first-order valence-electron chi connectivity index (χ1n) is 4.94. The summed E-state index contributed by atoms with van der Waals surface area (Å²) in [5.41, 5.74) is 0. The van der Waals surface area contributed by atoms with E-state index < -0.39 is 25.4 Å². The average molecular weight is 253 g/mol. The van der Waals surface area contributed by atoms with Gasteiger partial charge in [0.05, 0.1) is 6.10 Å². The Morgan fingerprint density at radius 2 is 1.75 bits per heavy atom. The maximum absolute atomic E-state index is 12.1. The predicted molar refractivity (Wildman–Crippen MR) is 60.1 cm³/mol. The van der Waals surface area contributed by atoms with E-state index in [1.54, 1.807) is 13.8 Å². The molecule has 2 atom stereocenters. The van der Waals surface area contributed by atoms with E-state index in [1.807, 2.05) is 0 Å². The van der Waals surface area contributed by atoms with Crippen molar-refractivity contribution in [1.82, 2.24) is 5.32 Å². The Labute approximate surface area is 95.9 Å². The van der Waals surface area contributed by atoms with Crippen LogP contribution in [0.5, 0.6) is 0 Å². The largest absolute Gasteiger partial charge is 0.390 e. The van der Waals surface area contributed by atoms with Crippen molar-refractivity contribution < 1.29 is 23.5 Å². The Kier molecular flexibility index (Phi) is 6.18. The third kappa shape index (κ3) is 3.87. The summed E-state index contributed by atoms with van der Waals surface area (Å²) < 4.78 is 21.7. The second kappa shape index (κ2) is 6.35. The van der Waals surface area contributed by atoms with Crippen LogP contribution in [0.1, 0.15) is 20.8 Å². The van der Waals surface area contributed by atoms with Crippen molar-refractivity contribution in [3.05, 3.63) is 0 Å². The fourth-order valence-corrected chi connectivity index (χ4v) is 2.89. The first kappa shape index (κ1) is 15.6. The molecule has 0 rings (SSSR count). The van der Waals surface area contributed by atoms with Crippen LogP contribution in [0.15, 0.2) is 0 Å². The molecule has 0 aliphatic heterocycles. The van der Waals surface area contributed by atoms with Crippen LogP contribution in [0.4, 0.5) is 0 Å². The third-order valence-electron chi connectivity index (χ3n) is 2.21. The van der Waals surface area contributed by atoms with Gasteiger partial charge in [-0.2, -0.15) is 0 Å². The molecule has 0 saturated heterocycles. The van der Waals surface area contributed by atoms with Crippen LogP contribution >= 0.6 is 7.60 Å². The first-order chi connectivity index (χ1) is 7.28. The number of aliphatic hydroxyl groups is 1. The van der Waals surface area contributed by atoms with Gasteiger partial charge in [-0.15, -0.1) is 0 Å². The van der Waals surface area contributed by atoms with E-state index >= 15 is 0 Å². The molecule has 16 heavy (non-hydrogen) atoms. The highest BCUT2D eigenvalue weighted by Gasteiger charge is 2.41. The molecule has 96 valence electrons. The normalized spacial score (nSPS) is 15.9. The molecular weight excluding hydrogens is 233 g/mol. The smallest absolute Gasteiger partial charge is 0.354 e. The molecule has 0 spiro atoms. The molecule has 6 nitrogen and oxygen atoms in total. The van der Waals surface area contributed by atoms with Crippen LogP contribution in [-0.2, 0) is 18.4 Å². The van der Waals surface area contributed by atoms with Gasteiger partial charge >= 0.3 is 7.60 Å². The van der Waals surface area contributed by atoms with Gasteiger partial charge < -0.3 is 19.5 Å². The van der Waals surface area contributed by atoms with Crippen LogP contribution in [0, 0.1) is 5.92 Å². The molecule has 0 aromatic rings. The number of nitrogens with one attached hydrogen (secondary N) is 1. The van der Waals surface area contributed by atoms with Crippen molar-refractivity contribution >= 4 is 13.5 Å². The molecule has 0 radical (unpaired) electrons. The molecule has 0 saturated carbocycles. The Balaban J connectivity index is 5.06. The minimum Gasteiger partial charge on any atom is -0.390 e. The number of amides is 1. The van der Waals surface area contributed by atoms with Gasteiger partial charge in [0.25, 0.3) is 0 Å². The number of hydrogen-bond donors (Lipinski definition) is 2. The van der Waals surface area contributed by atoms with Crippen LogP contribution in [0.25, 0.3) is 0 Å². The van der Waals surface area contributed by atoms with Gasteiger partial charge in [0.1, 0.15) is 0 Å². The number of carbonyl (C=O) groups is 1. The van der Waals surface area contributed by atoms with E-state index in [0.717, 1.165) is 0 Å². The van der Waals surface area contributed by atoms with Crippen molar-refractivity contribution in [2.75, 3.05) is 14.2 Å². The molecular formula is C9H20NO5P. The van der Waals surface area contributed by atoms with E-state index in [1.165, 1.54) is 21.1 Å². The Morgan fingerprint density at radius 3 is 2.00 bits per heavy atom. The minimum absolute atomic E-state index is 0.185. The molecule has 0 aliphatic rings. The Morgan fingerprint density at radius 1 is 1.31 bits per heavy atom. The first-order valence-corrected chi connectivity index (χ1v) is 6.56. The van der Waals surface area contributed by atoms with Crippen LogP contribution in [0.2, 0.25) is 0 Å². The molecule has 2 N–H and O–H groups in total. The minimum atomic E-state index is -3.54. The lowest BCUT2D eigenvalue weighted by atomic mass is 10.1. The summed E-state index contributed by atoms with van der Waals surface area (Å²) in [6.07, 6.45) is -1.00. The summed E-state index contributed by atoms with van der Waals surface area (Å²) in [7, 11) is -1.11. The summed E-state index contributed by atoms with van der Waals surface area (Å²) in [5, 5.41) is 12.3. The van der Waals surface area contributed by atoms with E-state index in [2.05, 4.69) is 5.32 Å². The highest BCUT2D eigenvalue weighted by Crippen LogP contribution is 2.52. The van der Waals surface area contributed by atoms with Crippen LogP contribution in [-0.4, -0.2) is 37.1 Å². The van der Waals surface area contributed by atoms with Gasteiger partial charge in [0, 0.05) is 21.1 Å². The molecule has 0 heterocycles. The van der Waals surface area contributed by atoms with Crippen molar-refractivity contribution in [2.45, 2.75) is 32.7 Å². The highest BCUT2D eigenvalue weighted by molar-refractivity contribution is 7.54. The van der Waals surface area contributed by atoms with Crippen LogP contribution < -0.4 is 5.32 Å². The third-order valence-corrected chi connectivity index (χ3v) is 4.34. The number of carbonyl (C=O) groups excluding carboxylic acids is 1. The standard InChI is InChI=1S/C9H20NO5P/c1-6(2)8(12)9(10-7(3)11)16(13,14-4)15-5/h6,8-9,12H,1-5H3,(H,10,11)/t8-,9+/m1/s1. The van der Waals surface area contributed by atoms with E-state index in [4.69, 9.17) is 9.05 Å². The zero-order chi connectivity index (χ0) is 12.9. The van der Waals surface area contributed by atoms with Gasteiger partial charge in [0.2, 0.25) is 5.91 Å². The summed E-state index contributed by atoms with van der Waals surface area (Å²) in [5.74, 6) is -1.64. The highest BCUT2D eigenvalue weighted by atomic mass is 31.2. The zero-order valence-electron chi connectivity index (χ0n) is 10.3. The maximum Gasteiger partial charge on any atom is 0.354 e. The molecule has 1 amide bonds. The number of rotatable bonds is 6. The summed E-state index contributed by atoms with van der Waals surface area (Å²) in [6.45, 7) is 4.76. The number of aliphatic hydroxyl groups excluding tert-OH is 1. The van der Waals surface area contributed by atoms with Crippen LogP contribution in [0.3, 0.4) is 0 Å². The average Bonchev–Trinajstić information content (AvgIpc) is 2.23. The topological polar surface area (TPSA) is 84.9 Å². The van der Waals surface area contributed by atoms with E-state index in [9.17, 15) is 14.5 Å². The number of hydrogen-bond acceptors (Lipinski definition) is 5. The molecule has 0 aromatic carbocycles. The lowest BCUT2D eigenvalue weighted by molar-refractivity contribution is -0.120. The molecule has 0 bridgehead atoms. The van der Waals surface area contributed by atoms with Gasteiger partial charge in [-0.1, -0.05) is 13.8 Å². The fraction of sp³-hybridized carbons (Fsp3) is 0.889. The zero-order valence-corrected chi connectivity index (χ0v) is 11.2. The van der Waals surface area contributed by atoms with Gasteiger partial charge in [-0.25, -0.2) is 0 Å². The predicted octanol–water partition coefficient (Wildman–Crippen LogP) is 0.951. The lowest BCUT2D eigenvalue weighted by Gasteiger charge is -2.30. The SMILES string of the molecule is COP(=O)(OC)[C@H](NC(C)=O)[C@H](O)C(C)C. The summed E-state index contributed by atoms with van der Waals surface area (Å²) in [6, 6.07) is 0. The second-order valence-corrected chi connectivity index (χ2v) is 6.15. The molecule has 7 heteroatoms. The van der Waals surface area contributed by atoms with E-state index in [-0.39, 0.29) is 5.92 Å². The van der Waals surface area contributed by atoms with E-state index in [0.29, 0.717) is 0 Å². The Hall–Kier alpha value is -0.420. The summed E-state index contributed by atoms with van der Waals surface area (Å²) >= 11 is 0. The van der Waals surface area contributed by atoms with Gasteiger partial charge in [-0.05, 0) is 5.92 Å². The summed E-state index contributed by atoms with van der Waals surface area (Å²) in [4.78, 5) is 11.0. The molecule has 0 aromatic heterocycles. The van der Waals surface area contributed by atoms with Crippen molar-refractivity contribution in [1.29, 1.82) is 0 Å². The van der Waals surface area contributed by atoms with Crippen molar-refractivity contribution in [3.63, 3.8) is 0 Å². The lowest BCUT2D eigenvalue weighted by Crippen LogP contribution is -2.45. The molecule has 0 fully saturated rings. The van der Waals surface area contributed by atoms with Crippen molar-refractivity contribution in [3.8, 4) is 0 Å². The molecule has 0 unspecified atom stereocenters. The molecule has 0 aliphatic carbocycles. The monoisotopic (exact) mass is 253 g/mol. The maximum atomic E-state index is 12.1.